The average Bonchev–Trinajstić information content (AvgIpc) is 2.36. The highest BCUT2D eigenvalue weighted by Crippen LogP contribution is 2.26. The Labute approximate surface area is 121 Å². The van der Waals surface area contributed by atoms with Gasteiger partial charge in [0.05, 0.1) is 18.3 Å². The molecule has 0 aromatic carbocycles. The molecular weight excluding hydrogens is 254 g/mol. The maximum Gasteiger partial charge on any atom is 0.133 e. The Bertz CT molecular complexity index is 474. The Balaban J connectivity index is 2.30. The van der Waals surface area contributed by atoms with Crippen molar-refractivity contribution in [2.24, 2.45) is 0 Å². The van der Waals surface area contributed by atoms with E-state index >= 15 is 0 Å². The minimum atomic E-state index is -0.289. The third kappa shape index (κ3) is 3.46. The van der Waals surface area contributed by atoms with Crippen LogP contribution < -0.4 is 4.90 Å². The van der Waals surface area contributed by atoms with Gasteiger partial charge in [-0.15, -0.1) is 0 Å². The van der Waals surface area contributed by atoms with Crippen LogP contribution in [-0.2, 0) is 4.74 Å². The molecule has 2 heterocycles. The van der Waals surface area contributed by atoms with Crippen LogP contribution in [0.1, 0.15) is 45.1 Å². The van der Waals surface area contributed by atoms with Crippen molar-refractivity contribution < 1.29 is 9.84 Å². The number of anilines is 1. The lowest BCUT2D eigenvalue weighted by atomic mass is 10.1. The number of rotatable bonds is 3. The van der Waals surface area contributed by atoms with Gasteiger partial charge in [0.1, 0.15) is 11.6 Å². The van der Waals surface area contributed by atoms with Crippen molar-refractivity contribution in [1.82, 2.24) is 9.97 Å². The molecule has 112 valence electrons. The van der Waals surface area contributed by atoms with Crippen LogP contribution in [0.3, 0.4) is 0 Å². The molecule has 1 atom stereocenters. The van der Waals surface area contributed by atoms with E-state index in [0.29, 0.717) is 12.5 Å². The van der Waals surface area contributed by atoms with Gasteiger partial charge in [-0.2, -0.15) is 0 Å². The Morgan fingerprint density at radius 1 is 1.45 bits per heavy atom. The van der Waals surface area contributed by atoms with Gasteiger partial charge in [0.25, 0.3) is 0 Å². The van der Waals surface area contributed by atoms with E-state index in [4.69, 9.17) is 4.74 Å². The number of aliphatic hydroxyl groups is 1. The van der Waals surface area contributed by atoms with Gasteiger partial charge >= 0.3 is 0 Å². The Morgan fingerprint density at radius 2 is 2.15 bits per heavy atom. The van der Waals surface area contributed by atoms with Gasteiger partial charge in [-0.05, 0) is 20.8 Å². The molecule has 5 nitrogen and oxygen atoms in total. The number of hydrogen-bond acceptors (Lipinski definition) is 5. The third-order valence-corrected chi connectivity index (χ3v) is 3.38. The quantitative estimate of drug-likeness (QED) is 0.915. The zero-order valence-corrected chi connectivity index (χ0v) is 13.1. The fourth-order valence-electron chi connectivity index (χ4n) is 2.56. The van der Waals surface area contributed by atoms with Gasteiger partial charge in [0.2, 0.25) is 0 Å². The number of hydrogen-bond donors (Lipinski definition) is 1. The Morgan fingerprint density at radius 3 is 2.75 bits per heavy atom. The third-order valence-electron chi connectivity index (χ3n) is 3.38. The molecule has 0 spiro atoms. The highest BCUT2D eigenvalue weighted by Gasteiger charge is 2.33. The lowest BCUT2D eigenvalue weighted by molar-refractivity contribution is -0.101. The van der Waals surface area contributed by atoms with Gasteiger partial charge in [-0.25, -0.2) is 9.97 Å². The molecule has 1 N–H and O–H groups in total. The second kappa shape index (κ2) is 5.66. The molecule has 1 saturated heterocycles. The van der Waals surface area contributed by atoms with E-state index in [1.165, 1.54) is 0 Å². The molecule has 0 saturated carbocycles. The number of aromatic nitrogens is 2. The van der Waals surface area contributed by atoms with Crippen LogP contribution in [0, 0.1) is 6.92 Å². The lowest BCUT2D eigenvalue weighted by Crippen LogP contribution is -2.54. The van der Waals surface area contributed by atoms with Crippen molar-refractivity contribution in [3.63, 3.8) is 0 Å². The second-order valence-corrected chi connectivity index (χ2v) is 6.44. The maximum absolute atomic E-state index is 9.40. The van der Waals surface area contributed by atoms with Crippen LogP contribution in [0.5, 0.6) is 0 Å². The lowest BCUT2D eigenvalue weighted by Gasteiger charge is -2.43. The fraction of sp³-hybridized carbons (Fsp3) is 0.733. The Hall–Kier alpha value is -1.20. The van der Waals surface area contributed by atoms with Gasteiger partial charge in [0, 0.05) is 30.8 Å². The summed E-state index contributed by atoms with van der Waals surface area (Å²) < 4.78 is 5.85. The van der Waals surface area contributed by atoms with Crippen molar-refractivity contribution in [2.75, 3.05) is 24.6 Å². The van der Waals surface area contributed by atoms with Gasteiger partial charge in [0.15, 0.2) is 0 Å². The zero-order valence-electron chi connectivity index (χ0n) is 13.1. The summed E-state index contributed by atoms with van der Waals surface area (Å²) in [5.41, 5.74) is 0.686. The fourth-order valence-corrected chi connectivity index (χ4v) is 2.56. The molecule has 2 rings (SSSR count). The van der Waals surface area contributed by atoms with E-state index in [1.807, 2.05) is 26.8 Å². The van der Waals surface area contributed by atoms with Crippen molar-refractivity contribution >= 4 is 5.82 Å². The van der Waals surface area contributed by atoms with Crippen molar-refractivity contribution in [2.45, 2.75) is 52.2 Å². The van der Waals surface area contributed by atoms with Crippen LogP contribution in [-0.4, -0.2) is 46.5 Å². The molecular formula is C15H25N3O2. The first kappa shape index (κ1) is 15.2. The largest absolute Gasteiger partial charge is 0.394 e. The molecule has 1 unspecified atom stereocenters. The molecule has 0 aliphatic carbocycles. The molecule has 0 bridgehead atoms. The van der Waals surface area contributed by atoms with E-state index in [9.17, 15) is 5.11 Å². The topological polar surface area (TPSA) is 58.5 Å². The molecule has 1 aliphatic heterocycles. The summed E-state index contributed by atoms with van der Waals surface area (Å²) in [5.74, 6) is 2.09. The minimum absolute atomic E-state index is 0.0288. The van der Waals surface area contributed by atoms with E-state index in [0.717, 1.165) is 23.9 Å². The van der Waals surface area contributed by atoms with Gasteiger partial charge in [-0.3, -0.25) is 0 Å². The molecule has 0 amide bonds. The minimum Gasteiger partial charge on any atom is -0.394 e. The van der Waals surface area contributed by atoms with E-state index in [1.54, 1.807) is 0 Å². The highest BCUT2D eigenvalue weighted by atomic mass is 16.5. The first-order valence-corrected chi connectivity index (χ1v) is 7.20. The van der Waals surface area contributed by atoms with Crippen molar-refractivity contribution in [1.29, 1.82) is 0 Å². The van der Waals surface area contributed by atoms with Crippen LogP contribution in [0.4, 0.5) is 5.82 Å². The van der Waals surface area contributed by atoms with E-state index in [-0.39, 0.29) is 18.3 Å². The molecule has 0 radical (unpaired) electrons. The smallest absolute Gasteiger partial charge is 0.133 e. The normalized spacial score (nSPS) is 22.4. The summed E-state index contributed by atoms with van der Waals surface area (Å²) >= 11 is 0. The molecule has 1 aromatic heterocycles. The molecule has 1 aliphatic rings. The first-order valence-electron chi connectivity index (χ1n) is 7.20. The summed E-state index contributed by atoms with van der Waals surface area (Å²) in [6.45, 7) is 11.7. The molecule has 5 heteroatoms. The zero-order chi connectivity index (χ0) is 14.9. The summed E-state index contributed by atoms with van der Waals surface area (Å²) in [4.78, 5) is 11.3. The predicted molar refractivity (Wildman–Crippen MR) is 79.1 cm³/mol. The van der Waals surface area contributed by atoms with Gasteiger partial charge in [-0.1, -0.05) is 13.8 Å². The van der Waals surface area contributed by atoms with E-state index in [2.05, 4.69) is 28.7 Å². The summed E-state index contributed by atoms with van der Waals surface area (Å²) in [7, 11) is 0. The van der Waals surface area contributed by atoms with Crippen LogP contribution >= 0.6 is 0 Å². The van der Waals surface area contributed by atoms with Crippen molar-refractivity contribution in [3.05, 3.63) is 17.6 Å². The number of aryl methyl sites for hydroxylation is 1. The summed E-state index contributed by atoms with van der Waals surface area (Å²) in [6, 6.07) is 2.00. The van der Waals surface area contributed by atoms with Gasteiger partial charge < -0.3 is 14.7 Å². The maximum atomic E-state index is 9.40. The average molecular weight is 279 g/mol. The molecule has 1 fully saturated rings. The summed E-state index contributed by atoms with van der Waals surface area (Å²) in [5, 5.41) is 9.40. The molecule has 1 aromatic rings. The monoisotopic (exact) mass is 279 g/mol. The first-order chi connectivity index (χ1) is 9.30. The Kier molecular flexibility index (Phi) is 4.30. The number of ether oxygens (including phenoxy) is 1. The number of aliphatic hydroxyl groups excluding tert-OH is 1. The van der Waals surface area contributed by atoms with Crippen LogP contribution in [0.25, 0.3) is 0 Å². The van der Waals surface area contributed by atoms with Crippen LogP contribution in [0.2, 0.25) is 0 Å². The molecule has 20 heavy (non-hydrogen) atoms. The number of nitrogens with zero attached hydrogens (tertiary/aromatic N) is 3. The summed E-state index contributed by atoms with van der Waals surface area (Å²) in [6.07, 6.45) is -0.170. The van der Waals surface area contributed by atoms with E-state index < -0.39 is 0 Å². The van der Waals surface area contributed by atoms with Crippen molar-refractivity contribution in [3.8, 4) is 0 Å². The standard InChI is InChI=1S/C15H25N3O2/c1-10(2)14-16-11(3)6-13(17-14)18-7-12(8-19)20-15(4,5)9-18/h6,10,12,19H,7-9H2,1-5H3. The number of morpholine rings is 1. The van der Waals surface area contributed by atoms with Crippen LogP contribution in [0.15, 0.2) is 6.07 Å². The predicted octanol–water partition coefficient (Wildman–Crippen LogP) is 1.88. The highest BCUT2D eigenvalue weighted by molar-refractivity contribution is 5.41. The second-order valence-electron chi connectivity index (χ2n) is 6.44. The SMILES string of the molecule is Cc1cc(N2CC(CO)OC(C)(C)C2)nc(C(C)C)n1.